The molecule has 26 heavy (non-hydrogen) atoms. The number of amides is 1. The molecule has 0 aromatic heterocycles. The first-order chi connectivity index (χ1) is 12.6. The Balaban J connectivity index is 1.55. The van der Waals surface area contributed by atoms with Gasteiger partial charge in [-0.15, -0.1) is 0 Å². The number of ether oxygens (including phenoxy) is 1. The van der Waals surface area contributed by atoms with Gasteiger partial charge in [0, 0.05) is 25.9 Å². The van der Waals surface area contributed by atoms with Gasteiger partial charge in [-0.1, -0.05) is 48.5 Å². The summed E-state index contributed by atoms with van der Waals surface area (Å²) in [6.45, 7) is 1.70. The van der Waals surface area contributed by atoms with Gasteiger partial charge in [-0.25, -0.2) is 4.79 Å². The Bertz CT molecular complexity index is 760. The lowest BCUT2D eigenvalue weighted by Gasteiger charge is -2.33. The van der Waals surface area contributed by atoms with Crippen LogP contribution in [0.1, 0.15) is 27.9 Å². The molecule has 1 amide bonds. The highest BCUT2D eigenvalue weighted by atomic mass is 16.5. The van der Waals surface area contributed by atoms with E-state index < -0.39 is 5.97 Å². The highest BCUT2D eigenvalue weighted by molar-refractivity contribution is 5.89. The van der Waals surface area contributed by atoms with Crippen LogP contribution in [0.5, 0.6) is 0 Å². The van der Waals surface area contributed by atoms with E-state index in [0.717, 1.165) is 6.42 Å². The van der Waals surface area contributed by atoms with Crippen molar-refractivity contribution in [2.45, 2.75) is 25.4 Å². The van der Waals surface area contributed by atoms with Crippen molar-refractivity contribution in [3.8, 4) is 0 Å². The molecule has 5 heteroatoms. The summed E-state index contributed by atoms with van der Waals surface area (Å²) in [5, 5.41) is 9.24. The normalized spacial score (nSPS) is 17.1. The quantitative estimate of drug-likeness (QED) is 0.867. The molecular weight excluding hydrogens is 330 g/mol. The van der Waals surface area contributed by atoms with E-state index in [0.29, 0.717) is 38.1 Å². The second-order valence-electron chi connectivity index (χ2n) is 6.48. The van der Waals surface area contributed by atoms with Gasteiger partial charge >= 0.3 is 5.97 Å². The maximum atomic E-state index is 12.6. The van der Waals surface area contributed by atoms with Crippen molar-refractivity contribution in [3.63, 3.8) is 0 Å². The molecule has 2 aromatic carbocycles. The van der Waals surface area contributed by atoms with Crippen LogP contribution < -0.4 is 0 Å². The van der Waals surface area contributed by atoms with Crippen LogP contribution in [-0.2, 0) is 22.4 Å². The van der Waals surface area contributed by atoms with Crippen LogP contribution in [0, 0.1) is 0 Å². The molecule has 5 nitrogen and oxygen atoms in total. The molecule has 2 aromatic rings. The Kier molecular flexibility index (Phi) is 6.02. The van der Waals surface area contributed by atoms with E-state index in [9.17, 15) is 14.7 Å². The molecule has 0 aliphatic carbocycles. The van der Waals surface area contributed by atoms with Crippen molar-refractivity contribution >= 4 is 11.9 Å². The molecule has 1 heterocycles. The van der Waals surface area contributed by atoms with E-state index in [1.54, 1.807) is 24.3 Å². The third-order valence-corrected chi connectivity index (χ3v) is 4.65. The van der Waals surface area contributed by atoms with Gasteiger partial charge in [-0.3, -0.25) is 4.79 Å². The summed E-state index contributed by atoms with van der Waals surface area (Å²) < 4.78 is 5.80. The molecule has 1 fully saturated rings. The number of nitrogens with zero attached hydrogens (tertiary/aromatic N) is 1. The van der Waals surface area contributed by atoms with Crippen LogP contribution in [0.2, 0.25) is 0 Å². The van der Waals surface area contributed by atoms with Gasteiger partial charge in [0.25, 0.3) is 0 Å². The minimum absolute atomic E-state index is 0.00130. The predicted molar refractivity (Wildman–Crippen MR) is 98.2 cm³/mol. The number of aromatic carboxylic acids is 1. The van der Waals surface area contributed by atoms with Crippen molar-refractivity contribution in [1.29, 1.82) is 0 Å². The number of morpholine rings is 1. The van der Waals surface area contributed by atoms with E-state index >= 15 is 0 Å². The fraction of sp³-hybridized carbons (Fsp3) is 0.333. The third-order valence-electron chi connectivity index (χ3n) is 4.65. The summed E-state index contributed by atoms with van der Waals surface area (Å²) in [4.78, 5) is 25.7. The summed E-state index contributed by atoms with van der Waals surface area (Å²) >= 11 is 0. The molecule has 0 radical (unpaired) electrons. The number of carbonyl (C=O) groups excluding carboxylic acids is 1. The zero-order valence-electron chi connectivity index (χ0n) is 14.6. The van der Waals surface area contributed by atoms with Gasteiger partial charge < -0.3 is 14.7 Å². The van der Waals surface area contributed by atoms with Crippen LogP contribution >= 0.6 is 0 Å². The van der Waals surface area contributed by atoms with Crippen molar-refractivity contribution in [1.82, 2.24) is 4.90 Å². The van der Waals surface area contributed by atoms with Crippen LogP contribution in [0.3, 0.4) is 0 Å². The zero-order valence-corrected chi connectivity index (χ0v) is 14.6. The Morgan fingerprint density at radius 3 is 2.58 bits per heavy atom. The predicted octanol–water partition coefficient (Wildman–Crippen LogP) is 2.79. The van der Waals surface area contributed by atoms with Crippen molar-refractivity contribution < 1.29 is 19.4 Å². The molecule has 0 spiro atoms. The van der Waals surface area contributed by atoms with E-state index in [-0.39, 0.29) is 17.6 Å². The number of carbonyl (C=O) groups is 2. The fourth-order valence-corrected chi connectivity index (χ4v) is 3.29. The lowest BCUT2D eigenvalue weighted by Crippen LogP contribution is -2.46. The number of carboxylic acid groups (broad SMARTS) is 1. The van der Waals surface area contributed by atoms with E-state index in [4.69, 9.17) is 4.74 Å². The number of hydrogen-bond acceptors (Lipinski definition) is 3. The number of hydrogen-bond donors (Lipinski definition) is 1. The fourth-order valence-electron chi connectivity index (χ4n) is 3.29. The van der Waals surface area contributed by atoms with Gasteiger partial charge in [0.05, 0.1) is 18.3 Å². The minimum atomic E-state index is -0.956. The molecule has 0 saturated carbocycles. The number of rotatable bonds is 6. The maximum absolute atomic E-state index is 12.6. The Labute approximate surface area is 153 Å². The van der Waals surface area contributed by atoms with E-state index in [2.05, 4.69) is 12.1 Å². The first kappa shape index (κ1) is 18.1. The van der Waals surface area contributed by atoms with Crippen LogP contribution in [0.25, 0.3) is 0 Å². The second-order valence-corrected chi connectivity index (χ2v) is 6.48. The topological polar surface area (TPSA) is 66.8 Å². The van der Waals surface area contributed by atoms with Crippen molar-refractivity contribution in [2.24, 2.45) is 0 Å². The smallest absolute Gasteiger partial charge is 0.335 e. The molecule has 1 unspecified atom stereocenters. The Morgan fingerprint density at radius 2 is 1.81 bits per heavy atom. The largest absolute Gasteiger partial charge is 0.478 e. The molecule has 1 aliphatic rings. The third kappa shape index (κ3) is 4.70. The van der Waals surface area contributed by atoms with E-state index in [1.165, 1.54) is 5.56 Å². The van der Waals surface area contributed by atoms with Crippen molar-refractivity contribution in [3.05, 3.63) is 71.3 Å². The van der Waals surface area contributed by atoms with Gasteiger partial charge in [-0.2, -0.15) is 0 Å². The first-order valence-corrected chi connectivity index (χ1v) is 8.88. The van der Waals surface area contributed by atoms with Gasteiger partial charge in [0.2, 0.25) is 5.91 Å². The second kappa shape index (κ2) is 8.63. The summed E-state index contributed by atoms with van der Waals surface area (Å²) in [5.41, 5.74) is 2.16. The number of carboxylic acids is 1. The molecule has 0 bridgehead atoms. The monoisotopic (exact) mass is 353 g/mol. The summed E-state index contributed by atoms with van der Waals surface area (Å²) in [6.07, 6.45) is 1.53. The zero-order chi connectivity index (χ0) is 18.4. The number of benzene rings is 2. The minimum Gasteiger partial charge on any atom is -0.478 e. The molecule has 1 saturated heterocycles. The van der Waals surface area contributed by atoms with E-state index in [1.807, 2.05) is 23.1 Å². The first-order valence-electron chi connectivity index (χ1n) is 8.88. The average Bonchev–Trinajstić information content (AvgIpc) is 2.67. The van der Waals surface area contributed by atoms with Gasteiger partial charge in [0.15, 0.2) is 0 Å². The van der Waals surface area contributed by atoms with Crippen LogP contribution in [0.15, 0.2) is 54.6 Å². The SMILES string of the molecule is O=C(O)c1ccccc1CCC(=O)N1CCOC(Cc2ccccc2)C1. The lowest BCUT2D eigenvalue weighted by molar-refractivity contribution is -0.138. The highest BCUT2D eigenvalue weighted by Gasteiger charge is 2.24. The molecule has 136 valence electrons. The van der Waals surface area contributed by atoms with Crippen LogP contribution in [-0.4, -0.2) is 47.7 Å². The molecule has 1 N–H and O–H groups in total. The number of aryl methyl sites for hydroxylation is 1. The lowest BCUT2D eigenvalue weighted by atomic mass is 10.0. The molecule has 1 atom stereocenters. The maximum Gasteiger partial charge on any atom is 0.335 e. The Hall–Kier alpha value is -2.66. The standard InChI is InChI=1S/C21H23NO4/c23-20(11-10-17-8-4-5-9-19(17)21(24)25)22-12-13-26-18(15-22)14-16-6-2-1-3-7-16/h1-9,18H,10-15H2,(H,24,25). The summed E-state index contributed by atoms with van der Waals surface area (Å²) in [6, 6.07) is 17.0. The van der Waals surface area contributed by atoms with Crippen LogP contribution in [0.4, 0.5) is 0 Å². The van der Waals surface area contributed by atoms with Gasteiger partial charge in [0.1, 0.15) is 0 Å². The molecule has 1 aliphatic heterocycles. The summed E-state index contributed by atoms with van der Waals surface area (Å²) in [7, 11) is 0. The Morgan fingerprint density at radius 1 is 1.08 bits per heavy atom. The summed E-state index contributed by atoms with van der Waals surface area (Å²) in [5.74, 6) is -0.908. The average molecular weight is 353 g/mol. The molecular formula is C21H23NO4. The van der Waals surface area contributed by atoms with Crippen molar-refractivity contribution in [2.75, 3.05) is 19.7 Å². The highest BCUT2D eigenvalue weighted by Crippen LogP contribution is 2.15. The van der Waals surface area contributed by atoms with Gasteiger partial charge in [-0.05, 0) is 23.6 Å². The molecule has 3 rings (SSSR count).